The van der Waals surface area contributed by atoms with Crippen LogP contribution in [0.4, 0.5) is 5.82 Å². The van der Waals surface area contributed by atoms with Crippen molar-refractivity contribution in [1.82, 2.24) is 20.0 Å². The van der Waals surface area contributed by atoms with Crippen LogP contribution in [0.1, 0.15) is 22.5 Å². The van der Waals surface area contributed by atoms with Crippen molar-refractivity contribution >= 4 is 17.9 Å². The molecule has 0 spiro atoms. The van der Waals surface area contributed by atoms with Gasteiger partial charge in [-0.1, -0.05) is 11.1 Å². The van der Waals surface area contributed by atoms with Crippen LogP contribution in [0.3, 0.4) is 0 Å². The maximum Gasteiger partial charge on any atom is 0.360 e. The number of aromatic nitrogens is 4. The minimum atomic E-state index is -0.520. The molecule has 5 N–H and O–H groups in total. The Hall–Kier alpha value is -3.21. The van der Waals surface area contributed by atoms with E-state index in [0.29, 0.717) is 24.5 Å². The number of hydrogen-bond acceptors (Lipinski definition) is 6. The molecule has 8 heteroatoms. The monoisotopic (exact) mass is 300 g/mol. The first kappa shape index (κ1) is 15.2. The van der Waals surface area contributed by atoms with Crippen molar-refractivity contribution in [2.75, 3.05) is 12.8 Å². The van der Waals surface area contributed by atoms with Gasteiger partial charge in [0.25, 0.3) is 0 Å². The van der Waals surface area contributed by atoms with Crippen molar-refractivity contribution in [2.24, 2.45) is 5.73 Å². The molecule has 2 aromatic rings. The zero-order chi connectivity index (χ0) is 15.9. The Labute approximate surface area is 127 Å². The number of ether oxygens (including phenoxy) is 1. The Morgan fingerprint density at radius 1 is 1.59 bits per heavy atom. The van der Waals surface area contributed by atoms with E-state index in [-0.39, 0.29) is 5.69 Å². The first-order valence-corrected chi connectivity index (χ1v) is 6.47. The zero-order valence-corrected chi connectivity index (χ0v) is 12.0. The third-order valence-electron chi connectivity index (χ3n) is 2.76. The normalized spacial score (nSPS) is 10.9. The highest BCUT2D eigenvalue weighted by Gasteiger charge is 2.09. The molecule has 0 bridgehead atoms. The van der Waals surface area contributed by atoms with E-state index >= 15 is 0 Å². The summed E-state index contributed by atoms with van der Waals surface area (Å²) < 4.78 is 6.07. The highest BCUT2D eigenvalue weighted by molar-refractivity contribution is 5.86. The molecule has 0 aromatic carbocycles. The summed E-state index contributed by atoms with van der Waals surface area (Å²) in [4.78, 5) is 14.1. The SMILES string of the molecule is COC(=O)c1cn(CCC#C/C(N)=C/c2cc[nH]c2N)nn1. The van der Waals surface area contributed by atoms with E-state index in [1.54, 1.807) is 12.3 Å². The molecule has 0 saturated heterocycles. The fraction of sp³-hybridized carbons (Fsp3) is 0.214. The number of methoxy groups -OCH3 is 1. The molecule has 114 valence electrons. The molecule has 2 heterocycles. The smallest absolute Gasteiger partial charge is 0.360 e. The van der Waals surface area contributed by atoms with E-state index in [9.17, 15) is 4.79 Å². The van der Waals surface area contributed by atoms with Crippen molar-refractivity contribution in [3.8, 4) is 11.8 Å². The molecule has 2 aromatic heterocycles. The van der Waals surface area contributed by atoms with E-state index in [4.69, 9.17) is 11.5 Å². The van der Waals surface area contributed by atoms with Crippen LogP contribution in [0.5, 0.6) is 0 Å². The fourth-order valence-corrected chi connectivity index (χ4v) is 1.66. The summed E-state index contributed by atoms with van der Waals surface area (Å²) in [6.45, 7) is 0.497. The Morgan fingerprint density at radius 2 is 2.41 bits per heavy atom. The van der Waals surface area contributed by atoms with Crippen molar-refractivity contribution < 1.29 is 9.53 Å². The number of aryl methyl sites for hydroxylation is 1. The van der Waals surface area contributed by atoms with Crippen LogP contribution in [0.2, 0.25) is 0 Å². The number of esters is 1. The summed E-state index contributed by atoms with van der Waals surface area (Å²) in [5.74, 6) is 5.77. The predicted octanol–water partition coefficient (Wildman–Crippen LogP) is 0.368. The van der Waals surface area contributed by atoms with Gasteiger partial charge in [-0.05, 0) is 18.1 Å². The number of allylic oxidation sites excluding steroid dienone is 1. The standard InChI is InChI=1S/C14H16N6O2/c1-22-14(21)12-9-20(19-18-12)7-3-2-4-11(15)8-10-5-6-17-13(10)16/h5-6,8-9,17H,3,7,15-16H2,1H3/b11-8-. The van der Waals surface area contributed by atoms with Crippen molar-refractivity contribution in [3.05, 3.63) is 35.4 Å². The molecule has 0 aliphatic carbocycles. The molecule has 0 amide bonds. The molecule has 0 atom stereocenters. The number of carbonyl (C=O) groups is 1. The van der Waals surface area contributed by atoms with Crippen molar-refractivity contribution in [3.63, 3.8) is 0 Å². The van der Waals surface area contributed by atoms with Gasteiger partial charge in [-0.2, -0.15) is 0 Å². The Morgan fingerprint density at radius 3 is 3.09 bits per heavy atom. The minimum absolute atomic E-state index is 0.165. The number of nitrogens with zero attached hydrogens (tertiary/aromatic N) is 3. The maximum atomic E-state index is 11.2. The molecule has 8 nitrogen and oxygen atoms in total. The molecule has 0 fully saturated rings. The number of rotatable bonds is 4. The van der Waals surface area contributed by atoms with Gasteiger partial charge in [0.05, 0.1) is 25.5 Å². The minimum Gasteiger partial charge on any atom is -0.464 e. The van der Waals surface area contributed by atoms with Gasteiger partial charge in [-0.25, -0.2) is 4.79 Å². The van der Waals surface area contributed by atoms with E-state index in [1.165, 1.54) is 18.0 Å². The van der Waals surface area contributed by atoms with Gasteiger partial charge in [0.1, 0.15) is 5.82 Å². The number of nitrogens with one attached hydrogen (secondary N) is 1. The summed E-state index contributed by atoms with van der Waals surface area (Å²) in [6.07, 6.45) is 5.45. The fourth-order valence-electron chi connectivity index (χ4n) is 1.66. The lowest BCUT2D eigenvalue weighted by Crippen LogP contribution is -2.01. The van der Waals surface area contributed by atoms with Gasteiger partial charge in [0.2, 0.25) is 0 Å². The average molecular weight is 300 g/mol. The maximum absolute atomic E-state index is 11.2. The Balaban J connectivity index is 1.89. The first-order valence-electron chi connectivity index (χ1n) is 6.47. The second-order valence-corrected chi connectivity index (χ2v) is 4.36. The van der Waals surface area contributed by atoms with Gasteiger partial charge >= 0.3 is 5.97 Å². The number of aromatic amines is 1. The van der Waals surface area contributed by atoms with E-state index in [2.05, 4.69) is 31.9 Å². The van der Waals surface area contributed by atoms with E-state index in [1.807, 2.05) is 6.07 Å². The number of hydrogen-bond donors (Lipinski definition) is 3. The van der Waals surface area contributed by atoms with Gasteiger partial charge in [-0.15, -0.1) is 5.10 Å². The van der Waals surface area contributed by atoms with Crippen molar-refractivity contribution in [1.29, 1.82) is 0 Å². The number of nitrogen functional groups attached to an aromatic ring is 1. The summed E-state index contributed by atoms with van der Waals surface area (Å²) >= 11 is 0. The van der Waals surface area contributed by atoms with Crippen LogP contribution in [0.25, 0.3) is 6.08 Å². The summed E-state index contributed by atoms with van der Waals surface area (Å²) in [6, 6.07) is 1.81. The lowest BCUT2D eigenvalue weighted by Gasteiger charge is -1.94. The molecular formula is C14H16N6O2. The molecule has 2 rings (SSSR count). The first-order chi connectivity index (χ1) is 10.6. The van der Waals surface area contributed by atoms with Crippen LogP contribution >= 0.6 is 0 Å². The number of H-pyrrole nitrogens is 1. The summed E-state index contributed by atoms with van der Waals surface area (Å²) in [5, 5.41) is 7.50. The summed E-state index contributed by atoms with van der Waals surface area (Å²) in [7, 11) is 1.29. The molecule has 22 heavy (non-hydrogen) atoms. The third kappa shape index (κ3) is 3.89. The van der Waals surface area contributed by atoms with Crippen molar-refractivity contribution in [2.45, 2.75) is 13.0 Å². The molecule has 0 unspecified atom stereocenters. The van der Waals surface area contributed by atoms with Gasteiger partial charge in [-0.3, -0.25) is 4.68 Å². The molecule has 0 aliphatic rings. The largest absolute Gasteiger partial charge is 0.464 e. The predicted molar refractivity (Wildman–Crippen MR) is 81.1 cm³/mol. The quantitative estimate of drug-likeness (QED) is 0.553. The molecule has 0 aliphatic heterocycles. The van der Waals surface area contributed by atoms with Crippen LogP contribution in [0, 0.1) is 11.8 Å². The van der Waals surface area contributed by atoms with E-state index < -0.39 is 5.97 Å². The van der Waals surface area contributed by atoms with Gasteiger partial charge in [0.15, 0.2) is 5.69 Å². The highest BCUT2D eigenvalue weighted by Crippen LogP contribution is 2.11. The number of nitrogens with two attached hydrogens (primary N) is 2. The number of anilines is 1. The second kappa shape index (κ2) is 6.99. The zero-order valence-electron chi connectivity index (χ0n) is 12.0. The molecule has 0 radical (unpaired) electrons. The lowest BCUT2D eigenvalue weighted by atomic mass is 10.2. The Kier molecular flexibility index (Phi) is 4.82. The topological polar surface area (TPSA) is 125 Å². The summed E-state index contributed by atoms with van der Waals surface area (Å²) in [5.41, 5.74) is 12.9. The van der Waals surface area contributed by atoms with Crippen LogP contribution in [-0.4, -0.2) is 33.1 Å². The van der Waals surface area contributed by atoms with E-state index in [0.717, 1.165) is 5.56 Å². The van der Waals surface area contributed by atoms with Crippen LogP contribution < -0.4 is 11.5 Å². The lowest BCUT2D eigenvalue weighted by molar-refractivity contribution is 0.0594. The number of carbonyl (C=O) groups excluding carboxylic acids is 1. The average Bonchev–Trinajstić information content (AvgIpc) is 3.13. The molecule has 0 saturated carbocycles. The highest BCUT2D eigenvalue weighted by atomic mass is 16.5. The van der Waals surface area contributed by atoms with Crippen LogP contribution in [-0.2, 0) is 11.3 Å². The van der Waals surface area contributed by atoms with Crippen LogP contribution in [0.15, 0.2) is 24.2 Å². The third-order valence-corrected chi connectivity index (χ3v) is 2.76. The molecular weight excluding hydrogens is 284 g/mol. The Bertz CT molecular complexity index is 747. The van der Waals surface area contributed by atoms with Gasteiger partial charge in [0, 0.05) is 18.2 Å². The second-order valence-electron chi connectivity index (χ2n) is 4.36. The van der Waals surface area contributed by atoms with Gasteiger partial charge < -0.3 is 21.2 Å².